The number of aliphatic imine (C=N–C) groups is 1. The number of hydrogen-bond acceptors (Lipinski definition) is 7. The molecular weight excluding hydrogens is 508 g/mol. The average molecular weight is 539 g/mol. The second kappa shape index (κ2) is 13.4. The number of nitrogens with zero attached hydrogens (tertiary/aromatic N) is 2. The molecule has 0 unspecified atom stereocenters. The predicted octanol–water partition coefficient (Wildman–Crippen LogP) is 3.34. The van der Waals surface area contributed by atoms with Gasteiger partial charge in [-0.3, -0.25) is 4.79 Å². The van der Waals surface area contributed by atoms with Gasteiger partial charge in [-0.2, -0.15) is 4.31 Å². The first kappa shape index (κ1) is 28.4. The van der Waals surface area contributed by atoms with Crippen molar-refractivity contribution in [1.82, 2.24) is 4.31 Å². The summed E-state index contributed by atoms with van der Waals surface area (Å²) in [7, 11) is -3.93. The van der Waals surface area contributed by atoms with E-state index in [-0.39, 0.29) is 54.3 Å². The zero-order valence-corrected chi connectivity index (χ0v) is 21.8. The standard InChI is InChI=1S/C27H30N4O6S/c1-2-36-25(32)9-6-18-31(19-20-7-4-3-5-8-20)38(34,35)24-16-10-21(11-17-24)26(33)37-23-14-12-22(13-15-23)30-27(28)29/h3-5,7-8,10-17H,2,6,9,18-19H2,1H3,(H4,28,29,30). The Balaban J connectivity index is 1.73. The van der Waals surface area contributed by atoms with Crippen LogP contribution in [-0.2, 0) is 26.1 Å². The van der Waals surface area contributed by atoms with Gasteiger partial charge in [0.25, 0.3) is 0 Å². The summed E-state index contributed by atoms with van der Waals surface area (Å²) in [5.74, 6) is -0.847. The molecule has 38 heavy (non-hydrogen) atoms. The third-order valence-electron chi connectivity index (χ3n) is 5.33. The molecule has 3 aromatic carbocycles. The molecule has 0 aliphatic rings. The maximum absolute atomic E-state index is 13.5. The molecule has 3 aromatic rings. The molecule has 0 saturated heterocycles. The molecule has 0 aliphatic carbocycles. The van der Waals surface area contributed by atoms with Crippen LogP contribution in [0.2, 0.25) is 0 Å². The maximum Gasteiger partial charge on any atom is 0.343 e. The van der Waals surface area contributed by atoms with Crippen LogP contribution in [0.15, 0.2) is 88.8 Å². The minimum Gasteiger partial charge on any atom is -0.466 e. The van der Waals surface area contributed by atoms with E-state index >= 15 is 0 Å². The first-order chi connectivity index (χ1) is 18.2. The molecular formula is C27H30N4O6S. The van der Waals surface area contributed by atoms with E-state index in [1.807, 2.05) is 30.3 Å². The molecule has 0 fully saturated rings. The molecule has 0 aromatic heterocycles. The van der Waals surface area contributed by atoms with Gasteiger partial charge in [-0.05, 0) is 67.4 Å². The summed E-state index contributed by atoms with van der Waals surface area (Å²) in [4.78, 5) is 28.2. The predicted molar refractivity (Wildman–Crippen MR) is 143 cm³/mol. The Morgan fingerprint density at radius 3 is 2.18 bits per heavy atom. The molecule has 0 aliphatic heterocycles. The van der Waals surface area contributed by atoms with E-state index in [1.54, 1.807) is 19.1 Å². The topological polar surface area (TPSA) is 154 Å². The highest BCUT2D eigenvalue weighted by molar-refractivity contribution is 7.89. The number of ether oxygens (including phenoxy) is 2. The van der Waals surface area contributed by atoms with E-state index in [9.17, 15) is 18.0 Å². The van der Waals surface area contributed by atoms with Crippen molar-refractivity contribution in [2.24, 2.45) is 16.5 Å². The van der Waals surface area contributed by atoms with Crippen molar-refractivity contribution in [3.05, 3.63) is 90.0 Å². The monoisotopic (exact) mass is 538 g/mol. The smallest absolute Gasteiger partial charge is 0.343 e. The van der Waals surface area contributed by atoms with Crippen LogP contribution in [0, 0.1) is 0 Å². The van der Waals surface area contributed by atoms with Crippen LogP contribution >= 0.6 is 0 Å². The zero-order chi connectivity index (χ0) is 27.5. The number of esters is 2. The number of rotatable bonds is 12. The van der Waals surface area contributed by atoms with E-state index in [1.165, 1.54) is 40.7 Å². The van der Waals surface area contributed by atoms with E-state index in [4.69, 9.17) is 20.9 Å². The second-order valence-electron chi connectivity index (χ2n) is 8.18. The number of guanidine groups is 1. The Kier molecular flexibility index (Phi) is 9.97. The number of carbonyl (C=O) groups excluding carboxylic acids is 2. The molecule has 4 N–H and O–H groups in total. The molecule has 200 valence electrons. The lowest BCUT2D eigenvalue weighted by Gasteiger charge is -2.22. The number of nitrogens with two attached hydrogens (primary N) is 2. The Bertz CT molecular complexity index is 1350. The number of sulfonamides is 1. The minimum absolute atomic E-state index is 0.0164. The molecule has 0 saturated carbocycles. The normalized spacial score (nSPS) is 11.1. The van der Waals surface area contributed by atoms with Crippen LogP contribution in [0.3, 0.4) is 0 Å². The molecule has 0 heterocycles. The second-order valence-corrected chi connectivity index (χ2v) is 10.1. The van der Waals surface area contributed by atoms with Crippen molar-refractivity contribution >= 4 is 33.6 Å². The van der Waals surface area contributed by atoms with Crippen LogP contribution in [-0.4, -0.2) is 43.8 Å². The van der Waals surface area contributed by atoms with Crippen molar-refractivity contribution < 1.29 is 27.5 Å². The summed E-state index contributed by atoms with van der Waals surface area (Å²) in [6.45, 7) is 2.23. The van der Waals surface area contributed by atoms with Gasteiger partial charge >= 0.3 is 11.9 Å². The molecule has 0 bridgehead atoms. The van der Waals surface area contributed by atoms with Gasteiger partial charge in [-0.1, -0.05) is 30.3 Å². The van der Waals surface area contributed by atoms with Crippen LogP contribution in [0.5, 0.6) is 5.75 Å². The van der Waals surface area contributed by atoms with Gasteiger partial charge in [-0.25, -0.2) is 18.2 Å². The molecule has 0 atom stereocenters. The highest BCUT2D eigenvalue weighted by atomic mass is 32.2. The van der Waals surface area contributed by atoms with Gasteiger partial charge < -0.3 is 20.9 Å². The van der Waals surface area contributed by atoms with Crippen molar-refractivity contribution in [2.45, 2.75) is 31.2 Å². The van der Waals surface area contributed by atoms with Crippen molar-refractivity contribution in [2.75, 3.05) is 13.2 Å². The van der Waals surface area contributed by atoms with Crippen LogP contribution in [0.4, 0.5) is 5.69 Å². The Morgan fingerprint density at radius 1 is 0.921 bits per heavy atom. The van der Waals surface area contributed by atoms with E-state index < -0.39 is 16.0 Å². The highest BCUT2D eigenvalue weighted by Crippen LogP contribution is 2.22. The fourth-order valence-electron chi connectivity index (χ4n) is 3.52. The Hall–Kier alpha value is -4.22. The molecule has 0 radical (unpaired) electrons. The molecule has 3 rings (SSSR count). The van der Waals surface area contributed by atoms with Crippen LogP contribution < -0.4 is 16.2 Å². The van der Waals surface area contributed by atoms with Crippen molar-refractivity contribution in [3.63, 3.8) is 0 Å². The molecule has 11 heteroatoms. The van der Waals surface area contributed by atoms with E-state index in [2.05, 4.69) is 4.99 Å². The molecule has 0 spiro atoms. The summed E-state index contributed by atoms with van der Waals surface area (Å²) < 4.78 is 38.6. The van der Waals surface area contributed by atoms with Crippen LogP contribution in [0.1, 0.15) is 35.7 Å². The molecule has 0 amide bonds. The summed E-state index contributed by atoms with van der Waals surface area (Å²) in [6, 6.07) is 20.9. The summed E-state index contributed by atoms with van der Waals surface area (Å²) >= 11 is 0. The molecule has 10 nitrogen and oxygen atoms in total. The number of carbonyl (C=O) groups is 2. The van der Waals surface area contributed by atoms with Gasteiger partial charge in [0.2, 0.25) is 10.0 Å². The fourth-order valence-corrected chi connectivity index (χ4v) is 4.99. The lowest BCUT2D eigenvalue weighted by molar-refractivity contribution is -0.143. The first-order valence-corrected chi connectivity index (χ1v) is 13.3. The Morgan fingerprint density at radius 2 is 1.58 bits per heavy atom. The van der Waals surface area contributed by atoms with Gasteiger partial charge in [0.1, 0.15) is 5.75 Å². The average Bonchev–Trinajstić information content (AvgIpc) is 2.90. The highest BCUT2D eigenvalue weighted by Gasteiger charge is 2.25. The number of benzene rings is 3. The van der Waals surface area contributed by atoms with E-state index in [0.29, 0.717) is 12.1 Å². The summed E-state index contributed by atoms with van der Waals surface area (Å²) in [5.41, 5.74) is 12.2. The third-order valence-corrected chi connectivity index (χ3v) is 7.19. The third kappa shape index (κ3) is 8.15. The summed E-state index contributed by atoms with van der Waals surface area (Å²) in [5, 5.41) is 0. The van der Waals surface area contributed by atoms with Gasteiger partial charge in [0.05, 0.1) is 22.8 Å². The Labute approximate surface area is 221 Å². The van der Waals surface area contributed by atoms with Gasteiger partial charge in [0, 0.05) is 19.5 Å². The quantitative estimate of drug-likeness (QED) is 0.154. The number of hydrogen-bond donors (Lipinski definition) is 2. The SMILES string of the molecule is CCOC(=O)CCCN(Cc1ccccc1)S(=O)(=O)c1ccc(C(=O)Oc2ccc(N=C(N)N)cc2)cc1. The van der Waals surface area contributed by atoms with Crippen molar-refractivity contribution in [1.29, 1.82) is 0 Å². The van der Waals surface area contributed by atoms with Crippen molar-refractivity contribution in [3.8, 4) is 5.75 Å². The fraction of sp³-hybridized carbons (Fsp3) is 0.222. The summed E-state index contributed by atoms with van der Waals surface area (Å²) in [6.07, 6.45) is 0.406. The lowest BCUT2D eigenvalue weighted by Crippen LogP contribution is -2.32. The first-order valence-electron chi connectivity index (χ1n) is 11.9. The van der Waals surface area contributed by atoms with Gasteiger partial charge in [0.15, 0.2) is 5.96 Å². The minimum atomic E-state index is -3.93. The van der Waals surface area contributed by atoms with Gasteiger partial charge in [-0.15, -0.1) is 0 Å². The van der Waals surface area contributed by atoms with Crippen LogP contribution in [0.25, 0.3) is 0 Å². The zero-order valence-electron chi connectivity index (χ0n) is 20.9. The lowest BCUT2D eigenvalue weighted by atomic mass is 10.2. The maximum atomic E-state index is 13.5. The largest absolute Gasteiger partial charge is 0.466 e. The van der Waals surface area contributed by atoms with E-state index in [0.717, 1.165) is 5.56 Å².